The van der Waals surface area contributed by atoms with E-state index in [0.29, 0.717) is 43.6 Å². The molecule has 2 fully saturated rings. The molecule has 4 atom stereocenters. The van der Waals surface area contributed by atoms with Crippen LogP contribution in [0.15, 0.2) is 12.1 Å². The van der Waals surface area contributed by atoms with Crippen molar-refractivity contribution in [1.29, 1.82) is 0 Å². The number of likely N-dealkylation sites (N-methyl/N-ethyl adjacent to an activating group) is 1. The van der Waals surface area contributed by atoms with Crippen LogP contribution in [0.2, 0.25) is 0 Å². The second kappa shape index (κ2) is 7.86. The predicted octanol–water partition coefficient (Wildman–Crippen LogP) is 1.98. The first-order valence-corrected chi connectivity index (χ1v) is 11.4. The number of unbranched alkanes of at least 4 members (excludes halogenated alkanes) is 1. The summed E-state index contributed by atoms with van der Waals surface area (Å²) >= 11 is 0. The van der Waals surface area contributed by atoms with Crippen molar-refractivity contribution in [3.63, 3.8) is 0 Å². The van der Waals surface area contributed by atoms with Gasteiger partial charge in [0.15, 0.2) is 23.4 Å². The van der Waals surface area contributed by atoms with Crippen molar-refractivity contribution in [3.05, 3.63) is 33.4 Å². The molecule has 2 heterocycles. The van der Waals surface area contributed by atoms with Gasteiger partial charge in [-0.1, -0.05) is 6.07 Å². The number of piperidine rings is 1. The van der Waals surface area contributed by atoms with Gasteiger partial charge in [0.1, 0.15) is 5.60 Å². The molecule has 178 valence electrons. The fourth-order valence-corrected chi connectivity index (χ4v) is 6.63. The maximum atomic E-state index is 13.1. The number of likely N-dealkylation sites (tertiary alicyclic amines) is 1. The summed E-state index contributed by atoms with van der Waals surface area (Å²) in [5, 5.41) is 9.47. The summed E-state index contributed by atoms with van der Waals surface area (Å²) in [6, 6.07) is 3.85. The third-order valence-electron chi connectivity index (χ3n) is 7.96. The molecule has 2 unspecified atom stereocenters. The van der Waals surface area contributed by atoms with Gasteiger partial charge in [0, 0.05) is 18.4 Å². The first-order chi connectivity index (χ1) is 15.8. The smallest absolute Gasteiger partial charge is 0.306 e. The highest BCUT2D eigenvalue weighted by Crippen LogP contribution is 2.66. The predicted molar refractivity (Wildman–Crippen MR) is 114 cm³/mol. The van der Waals surface area contributed by atoms with Crippen LogP contribution in [-0.4, -0.2) is 66.8 Å². The van der Waals surface area contributed by atoms with Crippen molar-refractivity contribution in [3.8, 4) is 11.5 Å². The Hall–Kier alpha value is -2.88. The Labute approximate surface area is 191 Å². The van der Waals surface area contributed by atoms with Gasteiger partial charge in [0.2, 0.25) is 0 Å². The maximum Gasteiger partial charge on any atom is 0.306 e. The van der Waals surface area contributed by atoms with Crippen LogP contribution < -0.4 is 9.47 Å². The van der Waals surface area contributed by atoms with Gasteiger partial charge in [0.05, 0.1) is 25.2 Å². The van der Waals surface area contributed by atoms with Crippen LogP contribution in [0.1, 0.15) is 49.7 Å². The Balaban J connectivity index is 1.51. The van der Waals surface area contributed by atoms with E-state index in [4.69, 9.17) is 14.2 Å². The molecule has 1 saturated heterocycles. The van der Waals surface area contributed by atoms with Crippen LogP contribution in [0.25, 0.3) is 0 Å². The fraction of sp³-hybridized carbons (Fsp3) is 0.652. The van der Waals surface area contributed by atoms with Gasteiger partial charge in [-0.25, -0.2) is 0 Å². The lowest BCUT2D eigenvalue weighted by Gasteiger charge is -2.63. The third kappa shape index (κ3) is 3.03. The van der Waals surface area contributed by atoms with E-state index in [2.05, 4.69) is 9.74 Å². The van der Waals surface area contributed by atoms with Crippen LogP contribution >= 0.6 is 0 Å². The van der Waals surface area contributed by atoms with Crippen LogP contribution in [0.4, 0.5) is 0 Å². The number of ether oxygens (including phenoxy) is 3. The molecule has 33 heavy (non-hydrogen) atoms. The van der Waals surface area contributed by atoms with Gasteiger partial charge < -0.3 is 19.0 Å². The minimum atomic E-state index is -0.877. The van der Waals surface area contributed by atoms with E-state index < -0.39 is 22.2 Å². The number of rotatable bonds is 8. The van der Waals surface area contributed by atoms with Crippen molar-refractivity contribution in [2.45, 2.75) is 68.1 Å². The Kier molecular flexibility index (Phi) is 5.23. The van der Waals surface area contributed by atoms with Gasteiger partial charge in [-0.3, -0.25) is 14.5 Å². The average molecular weight is 460 g/mol. The number of ketones is 1. The number of nitrogens with zero attached hydrogens (tertiary/aromatic N) is 2. The molecule has 0 radical (unpaired) electrons. The molecule has 2 bridgehead atoms. The zero-order valence-corrected chi connectivity index (χ0v) is 18.8. The van der Waals surface area contributed by atoms with E-state index in [1.807, 2.05) is 19.2 Å². The molecule has 10 heteroatoms. The number of carbonyl (C=O) groups is 2. The minimum absolute atomic E-state index is 0.0352. The van der Waals surface area contributed by atoms with Gasteiger partial charge >= 0.3 is 5.97 Å². The second-order valence-corrected chi connectivity index (χ2v) is 9.39. The number of Topliss-reactive ketones (excluding diaryl/α,β-unsaturated/α-hetero) is 1. The number of carbonyl (C=O) groups excluding carboxylic acids is 2. The molecule has 2 aliphatic heterocycles. The Morgan fingerprint density at radius 1 is 1.33 bits per heavy atom. The molecule has 0 aromatic heterocycles. The monoisotopic (exact) mass is 460 g/mol. The standard InChI is InChI=1S/C23H28N2O8/c1-24-11-10-22-19-14-6-7-16(30-2)20(19)32-21(22)15(26)8-9-23(22,17(24)13-14)33-18(27)5-3-4-12-31-25(28)29/h6-7,17,21H,3-5,8-13H2,1-2H3/t17?,21-,22-,23?/m0/s1. The number of methoxy groups -OCH3 is 1. The zero-order chi connectivity index (χ0) is 23.4. The van der Waals surface area contributed by atoms with Crippen LogP contribution in [0.3, 0.4) is 0 Å². The van der Waals surface area contributed by atoms with Crippen molar-refractivity contribution in [2.24, 2.45) is 0 Å². The van der Waals surface area contributed by atoms with E-state index in [1.165, 1.54) is 0 Å². The lowest BCUT2D eigenvalue weighted by molar-refractivity contribution is -0.757. The van der Waals surface area contributed by atoms with E-state index in [-0.39, 0.29) is 37.2 Å². The largest absolute Gasteiger partial charge is 0.493 e. The highest BCUT2D eigenvalue weighted by atomic mass is 16.9. The Morgan fingerprint density at radius 2 is 2.15 bits per heavy atom. The Morgan fingerprint density at radius 3 is 2.91 bits per heavy atom. The van der Waals surface area contributed by atoms with Crippen molar-refractivity contribution >= 4 is 11.8 Å². The molecule has 10 nitrogen and oxygen atoms in total. The molecule has 0 N–H and O–H groups in total. The zero-order valence-electron chi connectivity index (χ0n) is 18.8. The van der Waals surface area contributed by atoms with Crippen LogP contribution in [-0.2, 0) is 31.0 Å². The summed E-state index contributed by atoms with van der Waals surface area (Å²) in [4.78, 5) is 43.1. The number of esters is 1. The highest BCUT2D eigenvalue weighted by Gasteiger charge is 2.75. The Bertz CT molecular complexity index is 1010. The molecule has 0 amide bonds. The van der Waals surface area contributed by atoms with E-state index in [1.54, 1.807) is 7.11 Å². The van der Waals surface area contributed by atoms with Crippen molar-refractivity contribution in [2.75, 3.05) is 27.3 Å². The number of benzene rings is 1. The molecule has 1 spiro atoms. The van der Waals surface area contributed by atoms with E-state index >= 15 is 0 Å². The summed E-state index contributed by atoms with van der Waals surface area (Å²) in [5.41, 5.74) is 0.471. The lowest BCUT2D eigenvalue weighted by Crippen LogP contribution is -2.77. The summed E-state index contributed by atoms with van der Waals surface area (Å²) < 4.78 is 18.3. The van der Waals surface area contributed by atoms with Gasteiger partial charge in [-0.05, 0) is 57.3 Å². The normalized spacial score (nSPS) is 31.4. The summed E-state index contributed by atoms with van der Waals surface area (Å²) in [6.45, 7) is 0.715. The molecule has 4 aliphatic rings. The fourth-order valence-electron chi connectivity index (χ4n) is 6.63. The quantitative estimate of drug-likeness (QED) is 0.248. The summed E-state index contributed by atoms with van der Waals surface area (Å²) in [7, 11) is 3.62. The molecule has 5 rings (SSSR count). The number of hydrogen-bond acceptors (Lipinski definition) is 9. The van der Waals surface area contributed by atoms with Gasteiger partial charge in [-0.2, -0.15) is 0 Å². The van der Waals surface area contributed by atoms with Gasteiger partial charge in [0.25, 0.3) is 5.09 Å². The van der Waals surface area contributed by atoms with E-state index in [9.17, 15) is 19.7 Å². The van der Waals surface area contributed by atoms with Crippen LogP contribution in [0, 0.1) is 10.1 Å². The number of hydrogen-bond donors (Lipinski definition) is 0. The third-order valence-corrected chi connectivity index (χ3v) is 7.96. The highest BCUT2D eigenvalue weighted by molar-refractivity contribution is 5.90. The molecule has 1 aromatic carbocycles. The van der Waals surface area contributed by atoms with Gasteiger partial charge in [-0.15, -0.1) is 10.1 Å². The topological polar surface area (TPSA) is 117 Å². The van der Waals surface area contributed by atoms with Crippen molar-refractivity contribution < 1.29 is 33.7 Å². The molecule has 1 saturated carbocycles. The van der Waals surface area contributed by atoms with E-state index in [0.717, 1.165) is 17.7 Å². The molecular weight excluding hydrogens is 432 g/mol. The average Bonchev–Trinajstić information content (AvgIpc) is 3.14. The molecule has 2 aliphatic carbocycles. The maximum absolute atomic E-state index is 13.1. The first-order valence-electron chi connectivity index (χ1n) is 11.4. The van der Waals surface area contributed by atoms with Crippen molar-refractivity contribution in [1.82, 2.24) is 4.90 Å². The second-order valence-electron chi connectivity index (χ2n) is 9.39. The summed E-state index contributed by atoms with van der Waals surface area (Å²) in [5.74, 6) is 0.876. The molecule has 1 aromatic rings. The first kappa shape index (κ1) is 21.9. The lowest BCUT2D eigenvalue weighted by atomic mass is 9.49. The SMILES string of the molecule is COc1ccc2c3c1O[C@H]1C(=O)CCC4(OC(=O)CCCCO[N+](=O)[O-])C(C2)N(C)CC[C@]314. The minimum Gasteiger partial charge on any atom is -0.493 e. The van der Waals surface area contributed by atoms with Crippen LogP contribution in [0.5, 0.6) is 11.5 Å². The molecular formula is C23H28N2O8. The summed E-state index contributed by atoms with van der Waals surface area (Å²) in [6.07, 6.45) is 2.31.